The van der Waals surface area contributed by atoms with Crippen molar-refractivity contribution in [2.75, 3.05) is 0 Å². The standard InChI is InChI=1S/C14H30/c1-6-9-14(10-12(4)7-2)11-13(5)8-3/h12-14H,6-11H2,1-5H3. The first-order valence-corrected chi connectivity index (χ1v) is 6.63. The molecule has 14 heavy (non-hydrogen) atoms. The minimum Gasteiger partial charge on any atom is -0.0654 e. The molecule has 0 heterocycles. The molecule has 0 saturated heterocycles. The van der Waals surface area contributed by atoms with Gasteiger partial charge in [0.15, 0.2) is 0 Å². The Morgan fingerprint density at radius 2 is 1.21 bits per heavy atom. The molecule has 2 unspecified atom stereocenters. The van der Waals surface area contributed by atoms with Crippen LogP contribution in [0.4, 0.5) is 0 Å². The van der Waals surface area contributed by atoms with Crippen molar-refractivity contribution in [1.29, 1.82) is 0 Å². The van der Waals surface area contributed by atoms with Crippen molar-refractivity contribution in [2.24, 2.45) is 17.8 Å². The van der Waals surface area contributed by atoms with E-state index in [9.17, 15) is 0 Å². The van der Waals surface area contributed by atoms with Crippen LogP contribution in [0.3, 0.4) is 0 Å². The molecule has 0 aliphatic heterocycles. The van der Waals surface area contributed by atoms with Gasteiger partial charge in [-0.25, -0.2) is 0 Å². The highest BCUT2D eigenvalue weighted by molar-refractivity contribution is 4.65. The fourth-order valence-electron chi connectivity index (χ4n) is 2.21. The lowest BCUT2D eigenvalue weighted by molar-refractivity contribution is 0.297. The predicted octanol–water partition coefficient (Wildman–Crippen LogP) is 5.28. The lowest BCUT2D eigenvalue weighted by Crippen LogP contribution is -2.10. The molecule has 0 saturated carbocycles. The van der Waals surface area contributed by atoms with Gasteiger partial charge in [-0.05, 0) is 30.6 Å². The average Bonchev–Trinajstić information content (AvgIpc) is 2.17. The maximum atomic E-state index is 2.40. The Labute approximate surface area is 91.5 Å². The lowest BCUT2D eigenvalue weighted by atomic mass is 9.84. The van der Waals surface area contributed by atoms with Gasteiger partial charge in [0.05, 0.1) is 0 Å². The normalized spacial score (nSPS) is 17.8. The van der Waals surface area contributed by atoms with Crippen molar-refractivity contribution in [3.63, 3.8) is 0 Å². The molecule has 0 bridgehead atoms. The molecule has 0 N–H and O–H groups in total. The van der Waals surface area contributed by atoms with Crippen molar-refractivity contribution in [3.8, 4) is 0 Å². The molecule has 0 aromatic heterocycles. The van der Waals surface area contributed by atoms with Gasteiger partial charge in [-0.1, -0.05) is 60.3 Å². The minimum atomic E-state index is 0.926. The summed E-state index contributed by atoms with van der Waals surface area (Å²) in [4.78, 5) is 0. The second-order valence-electron chi connectivity index (χ2n) is 5.15. The molecule has 0 radical (unpaired) electrons. The summed E-state index contributed by atoms with van der Waals surface area (Å²) in [6.07, 6.45) is 8.40. The highest BCUT2D eigenvalue weighted by Gasteiger charge is 2.14. The van der Waals surface area contributed by atoms with Gasteiger partial charge in [0, 0.05) is 0 Å². The minimum absolute atomic E-state index is 0.926. The van der Waals surface area contributed by atoms with Crippen LogP contribution in [0, 0.1) is 17.8 Å². The van der Waals surface area contributed by atoms with Crippen molar-refractivity contribution in [3.05, 3.63) is 0 Å². The summed E-state index contributed by atoms with van der Waals surface area (Å²) >= 11 is 0. The Morgan fingerprint density at radius 1 is 0.786 bits per heavy atom. The first-order chi connectivity index (χ1) is 6.63. The molecule has 0 spiro atoms. The van der Waals surface area contributed by atoms with Gasteiger partial charge in [0.25, 0.3) is 0 Å². The topological polar surface area (TPSA) is 0 Å². The molecule has 0 aliphatic rings. The van der Waals surface area contributed by atoms with Crippen LogP contribution < -0.4 is 0 Å². The molecule has 0 amide bonds. The Balaban J connectivity index is 3.88. The lowest BCUT2D eigenvalue weighted by Gasteiger charge is -2.22. The van der Waals surface area contributed by atoms with Crippen LogP contribution in [-0.2, 0) is 0 Å². The van der Waals surface area contributed by atoms with Crippen molar-refractivity contribution >= 4 is 0 Å². The van der Waals surface area contributed by atoms with Gasteiger partial charge in [0.1, 0.15) is 0 Å². The number of hydrogen-bond acceptors (Lipinski definition) is 0. The summed E-state index contributed by atoms with van der Waals surface area (Å²) in [6, 6.07) is 0. The molecule has 0 rings (SSSR count). The molecular weight excluding hydrogens is 168 g/mol. The highest BCUT2D eigenvalue weighted by Crippen LogP contribution is 2.26. The smallest absolute Gasteiger partial charge is 0.0409 e. The SMILES string of the molecule is CCCC(CC(C)CC)CC(C)CC. The maximum absolute atomic E-state index is 2.40. The van der Waals surface area contributed by atoms with Crippen LogP contribution in [0.25, 0.3) is 0 Å². The molecular formula is C14H30. The van der Waals surface area contributed by atoms with E-state index >= 15 is 0 Å². The molecule has 0 aromatic carbocycles. The van der Waals surface area contributed by atoms with E-state index in [0.29, 0.717) is 0 Å². The van der Waals surface area contributed by atoms with Gasteiger partial charge in [-0.3, -0.25) is 0 Å². The first kappa shape index (κ1) is 14.0. The van der Waals surface area contributed by atoms with Gasteiger partial charge in [-0.15, -0.1) is 0 Å². The van der Waals surface area contributed by atoms with Gasteiger partial charge >= 0.3 is 0 Å². The van der Waals surface area contributed by atoms with E-state index < -0.39 is 0 Å². The predicted molar refractivity (Wildman–Crippen MR) is 66.5 cm³/mol. The Bertz CT molecular complexity index is 105. The quantitative estimate of drug-likeness (QED) is 0.498. The van der Waals surface area contributed by atoms with Gasteiger partial charge < -0.3 is 0 Å². The van der Waals surface area contributed by atoms with Crippen LogP contribution in [-0.4, -0.2) is 0 Å². The monoisotopic (exact) mass is 198 g/mol. The second-order valence-corrected chi connectivity index (χ2v) is 5.15. The van der Waals surface area contributed by atoms with E-state index in [1.54, 1.807) is 0 Å². The van der Waals surface area contributed by atoms with E-state index in [0.717, 1.165) is 17.8 Å². The fraction of sp³-hybridized carbons (Fsp3) is 1.00. The third-order valence-corrected chi connectivity index (χ3v) is 3.56. The van der Waals surface area contributed by atoms with Crippen LogP contribution in [0.2, 0.25) is 0 Å². The third kappa shape index (κ3) is 6.45. The number of rotatable bonds is 8. The summed E-state index contributed by atoms with van der Waals surface area (Å²) in [5.74, 6) is 2.84. The summed E-state index contributed by atoms with van der Waals surface area (Å²) in [6.45, 7) is 11.8. The third-order valence-electron chi connectivity index (χ3n) is 3.56. The maximum Gasteiger partial charge on any atom is -0.0409 e. The van der Waals surface area contributed by atoms with Crippen LogP contribution in [0.15, 0.2) is 0 Å². The first-order valence-electron chi connectivity index (χ1n) is 6.63. The summed E-state index contributed by atoms with van der Waals surface area (Å²) in [5, 5.41) is 0. The summed E-state index contributed by atoms with van der Waals surface area (Å²) in [5.41, 5.74) is 0. The summed E-state index contributed by atoms with van der Waals surface area (Å²) in [7, 11) is 0. The van der Waals surface area contributed by atoms with Crippen LogP contribution >= 0.6 is 0 Å². The van der Waals surface area contributed by atoms with Crippen molar-refractivity contribution in [1.82, 2.24) is 0 Å². The van der Waals surface area contributed by atoms with E-state index in [4.69, 9.17) is 0 Å². The van der Waals surface area contributed by atoms with Gasteiger partial charge in [0.2, 0.25) is 0 Å². The second kappa shape index (κ2) is 8.32. The van der Waals surface area contributed by atoms with E-state index in [1.165, 1.54) is 38.5 Å². The zero-order valence-electron chi connectivity index (χ0n) is 11.0. The molecule has 0 nitrogen and oxygen atoms in total. The highest BCUT2D eigenvalue weighted by atomic mass is 14.2. The molecule has 0 heteroatoms. The van der Waals surface area contributed by atoms with Crippen molar-refractivity contribution in [2.45, 2.75) is 73.1 Å². The summed E-state index contributed by atoms with van der Waals surface area (Å²) < 4.78 is 0. The Morgan fingerprint density at radius 3 is 1.50 bits per heavy atom. The van der Waals surface area contributed by atoms with Crippen molar-refractivity contribution < 1.29 is 0 Å². The Hall–Kier alpha value is 0. The molecule has 0 fully saturated rings. The Kier molecular flexibility index (Phi) is 8.32. The molecule has 0 aliphatic carbocycles. The van der Waals surface area contributed by atoms with E-state index in [1.807, 2.05) is 0 Å². The zero-order valence-corrected chi connectivity index (χ0v) is 11.0. The largest absolute Gasteiger partial charge is 0.0654 e. The van der Waals surface area contributed by atoms with E-state index in [2.05, 4.69) is 34.6 Å². The average molecular weight is 198 g/mol. The van der Waals surface area contributed by atoms with E-state index in [-0.39, 0.29) is 0 Å². The van der Waals surface area contributed by atoms with Crippen LogP contribution in [0.5, 0.6) is 0 Å². The molecule has 86 valence electrons. The van der Waals surface area contributed by atoms with Gasteiger partial charge in [-0.2, -0.15) is 0 Å². The van der Waals surface area contributed by atoms with Crippen LogP contribution in [0.1, 0.15) is 73.1 Å². The number of hydrogen-bond donors (Lipinski definition) is 0. The zero-order chi connectivity index (χ0) is 11.0. The molecule has 0 aromatic rings. The fourth-order valence-corrected chi connectivity index (χ4v) is 2.21. The molecule has 2 atom stereocenters.